The van der Waals surface area contributed by atoms with Crippen LogP contribution < -0.4 is 10.5 Å². The molecule has 32 heavy (non-hydrogen) atoms. The lowest BCUT2D eigenvalue weighted by molar-refractivity contribution is 0.00882. The SMILES string of the molecule is CCCCCCCCCCCCCCCOCCOCCOCCOc1ccccc1N. The van der Waals surface area contributed by atoms with Crippen LogP contribution in [0.2, 0.25) is 0 Å². The molecule has 0 amide bonds. The van der Waals surface area contributed by atoms with Gasteiger partial charge in [0.2, 0.25) is 0 Å². The number of anilines is 1. The van der Waals surface area contributed by atoms with E-state index in [1.807, 2.05) is 24.3 Å². The first-order valence-electron chi connectivity index (χ1n) is 13.0. The highest BCUT2D eigenvalue weighted by Gasteiger charge is 1.98. The third-order valence-electron chi connectivity index (χ3n) is 5.54. The highest BCUT2D eigenvalue weighted by Crippen LogP contribution is 2.19. The number of rotatable bonds is 24. The van der Waals surface area contributed by atoms with Crippen LogP contribution >= 0.6 is 0 Å². The summed E-state index contributed by atoms with van der Waals surface area (Å²) < 4.78 is 22.2. The summed E-state index contributed by atoms with van der Waals surface area (Å²) in [6.07, 6.45) is 17.9. The predicted octanol–water partition coefficient (Wildman–Crippen LogP) is 6.79. The number of hydrogen-bond acceptors (Lipinski definition) is 5. The van der Waals surface area contributed by atoms with Gasteiger partial charge < -0.3 is 24.7 Å². The minimum Gasteiger partial charge on any atom is -0.489 e. The molecule has 1 rings (SSSR count). The fraction of sp³-hybridized carbons (Fsp3) is 0.778. The summed E-state index contributed by atoms with van der Waals surface area (Å²) >= 11 is 0. The zero-order valence-corrected chi connectivity index (χ0v) is 20.7. The van der Waals surface area contributed by atoms with Crippen molar-refractivity contribution in [2.45, 2.75) is 90.4 Å². The first kappa shape index (κ1) is 28.7. The van der Waals surface area contributed by atoms with Crippen molar-refractivity contribution in [3.63, 3.8) is 0 Å². The Morgan fingerprint density at radius 2 is 0.969 bits per heavy atom. The molecule has 0 radical (unpaired) electrons. The summed E-state index contributed by atoms with van der Waals surface area (Å²) in [5.41, 5.74) is 6.47. The number of para-hydroxylation sites is 2. The van der Waals surface area contributed by atoms with Crippen LogP contribution in [-0.4, -0.2) is 46.2 Å². The third-order valence-corrected chi connectivity index (χ3v) is 5.54. The fourth-order valence-electron chi connectivity index (χ4n) is 3.59. The first-order valence-corrected chi connectivity index (χ1v) is 13.0. The molecule has 5 heteroatoms. The number of nitrogens with two attached hydrogens (primary N) is 1. The van der Waals surface area contributed by atoms with Gasteiger partial charge in [-0.15, -0.1) is 0 Å². The van der Waals surface area contributed by atoms with Crippen LogP contribution in [0.1, 0.15) is 90.4 Å². The molecule has 0 aliphatic carbocycles. The van der Waals surface area contributed by atoms with E-state index in [4.69, 9.17) is 24.7 Å². The molecule has 0 fully saturated rings. The lowest BCUT2D eigenvalue weighted by Gasteiger charge is -2.09. The van der Waals surface area contributed by atoms with E-state index in [0.29, 0.717) is 51.1 Å². The van der Waals surface area contributed by atoms with E-state index in [-0.39, 0.29) is 0 Å². The maximum absolute atomic E-state index is 5.82. The molecule has 5 nitrogen and oxygen atoms in total. The molecule has 0 aliphatic rings. The number of ether oxygens (including phenoxy) is 4. The largest absolute Gasteiger partial charge is 0.489 e. The highest BCUT2D eigenvalue weighted by atomic mass is 16.6. The average Bonchev–Trinajstić information content (AvgIpc) is 2.80. The zero-order chi connectivity index (χ0) is 23.0. The molecule has 186 valence electrons. The Bertz CT molecular complexity index is 512. The molecule has 0 saturated heterocycles. The van der Waals surface area contributed by atoms with Crippen LogP contribution in [0.15, 0.2) is 24.3 Å². The van der Waals surface area contributed by atoms with E-state index >= 15 is 0 Å². The van der Waals surface area contributed by atoms with Crippen LogP contribution in [0.5, 0.6) is 5.75 Å². The summed E-state index contributed by atoms with van der Waals surface area (Å²) in [6, 6.07) is 7.47. The molecule has 2 N–H and O–H groups in total. The Morgan fingerprint density at radius 3 is 1.50 bits per heavy atom. The molecule has 0 aromatic heterocycles. The zero-order valence-electron chi connectivity index (χ0n) is 20.7. The van der Waals surface area contributed by atoms with Crippen molar-refractivity contribution in [1.82, 2.24) is 0 Å². The van der Waals surface area contributed by atoms with Crippen molar-refractivity contribution in [3.8, 4) is 5.75 Å². The maximum Gasteiger partial charge on any atom is 0.142 e. The molecule has 0 unspecified atom stereocenters. The van der Waals surface area contributed by atoms with Crippen molar-refractivity contribution in [3.05, 3.63) is 24.3 Å². The number of unbranched alkanes of at least 4 members (excludes halogenated alkanes) is 12. The minimum atomic E-state index is 0.483. The second kappa shape index (κ2) is 22.9. The Kier molecular flexibility index (Phi) is 20.5. The van der Waals surface area contributed by atoms with Gasteiger partial charge in [-0.1, -0.05) is 96.1 Å². The first-order chi connectivity index (χ1) is 15.8. The molecule has 1 aromatic rings. The van der Waals surface area contributed by atoms with Crippen molar-refractivity contribution < 1.29 is 18.9 Å². The van der Waals surface area contributed by atoms with E-state index < -0.39 is 0 Å². The van der Waals surface area contributed by atoms with Crippen molar-refractivity contribution in [2.24, 2.45) is 0 Å². The molecule has 1 aromatic carbocycles. The molecule has 0 aliphatic heterocycles. The highest BCUT2D eigenvalue weighted by molar-refractivity contribution is 5.51. The van der Waals surface area contributed by atoms with Crippen LogP contribution in [0.4, 0.5) is 5.69 Å². The number of hydrogen-bond donors (Lipinski definition) is 1. The van der Waals surface area contributed by atoms with Gasteiger partial charge in [-0.25, -0.2) is 0 Å². The Balaban J connectivity index is 1.68. The fourth-order valence-corrected chi connectivity index (χ4v) is 3.59. The molecule has 0 bridgehead atoms. The van der Waals surface area contributed by atoms with E-state index in [1.54, 1.807) is 0 Å². The van der Waals surface area contributed by atoms with Gasteiger partial charge in [-0.3, -0.25) is 0 Å². The van der Waals surface area contributed by atoms with Gasteiger partial charge in [0, 0.05) is 6.61 Å². The van der Waals surface area contributed by atoms with E-state index in [2.05, 4.69) is 6.92 Å². The van der Waals surface area contributed by atoms with E-state index in [0.717, 1.165) is 13.0 Å². The molecule has 0 heterocycles. The van der Waals surface area contributed by atoms with Gasteiger partial charge in [0.05, 0.1) is 38.7 Å². The van der Waals surface area contributed by atoms with E-state index in [9.17, 15) is 0 Å². The smallest absolute Gasteiger partial charge is 0.142 e. The summed E-state index contributed by atoms with van der Waals surface area (Å²) in [4.78, 5) is 0. The van der Waals surface area contributed by atoms with Crippen LogP contribution in [0, 0.1) is 0 Å². The normalized spacial score (nSPS) is 11.2. The molecule has 0 atom stereocenters. The Labute approximate surface area is 197 Å². The molecular formula is C27H49NO4. The molecular weight excluding hydrogens is 402 g/mol. The average molecular weight is 452 g/mol. The van der Waals surface area contributed by atoms with Gasteiger partial charge in [-0.2, -0.15) is 0 Å². The van der Waals surface area contributed by atoms with Crippen LogP contribution in [0.25, 0.3) is 0 Å². The van der Waals surface area contributed by atoms with Gasteiger partial charge in [0.1, 0.15) is 12.4 Å². The molecule has 0 spiro atoms. The second-order valence-electron chi connectivity index (χ2n) is 8.47. The predicted molar refractivity (Wildman–Crippen MR) is 135 cm³/mol. The maximum atomic E-state index is 5.82. The monoisotopic (exact) mass is 451 g/mol. The van der Waals surface area contributed by atoms with Gasteiger partial charge in [-0.05, 0) is 18.6 Å². The minimum absolute atomic E-state index is 0.483. The summed E-state index contributed by atoms with van der Waals surface area (Å²) in [6.45, 7) is 6.56. The number of nitrogen functional groups attached to an aromatic ring is 1. The van der Waals surface area contributed by atoms with E-state index in [1.165, 1.54) is 77.0 Å². The molecule has 0 saturated carbocycles. The Hall–Kier alpha value is -1.30. The van der Waals surface area contributed by atoms with Crippen LogP contribution in [-0.2, 0) is 14.2 Å². The summed E-state index contributed by atoms with van der Waals surface area (Å²) in [7, 11) is 0. The number of benzene rings is 1. The van der Waals surface area contributed by atoms with Crippen molar-refractivity contribution >= 4 is 5.69 Å². The standard InChI is InChI=1S/C27H49NO4/c1-2-3-4-5-6-7-8-9-10-11-12-13-16-19-29-20-21-30-22-23-31-24-25-32-27-18-15-14-17-26(27)28/h14-15,17-18H,2-13,16,19-25,28H2,1H3. The van der Waals surface area contributed by atoms with Crippen LogP contribution in [0.3, 0.4) is 0 Å². The Morgan fingerprint density at radius 1 is 0.531 bits per heavy atom. The van der Waals surface area contributed by atoms with Crippen molar-refractivity contribution in [2.75, 3.05) is 52.0 Å². The van der Waals surface area contributed by atoms with Crippen molar-refractivity contribution in [1.29, 1.82) is 0 Å². The quantitative estimate of drug-likeness (QED) is 0.138. The topological polar surface area (TPSA) is 62.9 Å². The third kappa shape index (κ3) is 18.3. The lowest BCUT2D eigenvalue weighted by Crippen LogP contribution is -2.13. The second-order valence-corrected chi connectivity index (χ2v) is 8.47. The van der Waals surface area contributed by atoms with Gasteiger partial charge >= 0.3 is 0 Å². The summed E-state index contributed by atoms with van der Waals surface area (Å²) in [5.74, 6) is 0.702. The van der Waals surface area contributed by atoms with Gasteiger partial charge in [0.25, 0.3) is 0 Å². The lowest BCUT2D eigenvalue weighted by atomic mass is 10.0. The summed E-state index contributed by atoms with van der Waals surface area (Å²) in [5, 5.41) is 0. The van der Waals surface area contributed by atoms with Gasteiger partial charge in [0.15, 0.2) is 0 Å².